The number of nitrogens with zero attached hydrogens (tertiary/aromatic N) is 1. The maximum Gasteiger partial charge on any atom is 0.265 e. The van der Waals surface area contributed by atoms with Gasteiger partial charge in [-0.25, -0.2) is 4.39 Å². The third kappa shape index (κ3) is 4.84. The van der Waals surface area contributed by atoms with Gasteiger partial charge in [-0.1, -0.05) is 11.6 Å². The van der Waals surface area contributed by atoms with Crippen molar-refractivity contribution in [3.05, 3.63) is 50.9 Å². The van der Waals surface area contributed by atoms with Gasteiger partial charge >= 0.3 is 0 Å². The molecule has 0 aliphatic carbocycles. The number of likely N-dealkylation sites (tertiary alicyclic amines) is 1. The van der Waals surface area contributed by atoms with Crippen molar-refractivity contribution >= 4 is 46.3 Å². The van der Waals surface area contributed by atoms with E-state index in [1.807, 2.05) is 0 Å². The number of thiophene rings is 1. The third-order valence-electron chi connectivity index (χ3n) is 4.19. The standard InChI is InChI=1S/C18H17ClFN3O3S/c1-23-9-10(4-16(23)24)8-21-17(25)11-5-12(20)7-13(6-11)22-18(26)14-2-3-15(19)27-14/h2-3,5-7,10H,4,8-9H2,1H3,(H,21,25)(H,22,26). The van der Waals surface area contributed by atoms with Crippen LogP contribution in [0.25, 0.3) is 0 Å². The number of benzene rings is 1. The topological polar surface area (TPSA) is 78.5 Å². The lowest BCUT2D eigenvalue weighted by atomic mass is 10.1. The summed E-state index contributed by atoms with van der Waals surface area (Å²) in [6.45, 7) is 0.897. The quantitative estimate of drug-likeness (QED) is 0.796. The first-order valence-electron chi connectivity index (χ1n) is 8.21. The highest BCUT2D eigenvalue weighted by molar-refractivity contribution is 7.18. The van der Waals surface area contributed by atoms with E-state index in [2.05, 4.69) is 10.6 Å². The number of amides is 3. The molecule has 1 fully saturated rings. The highest BCUT2D eigenvalue weighted by atomic mass is 35.5. The summed E-state index contributed by atoms with van der Waals surface area (Å²) in [5, 5.41) is 5.27. The average molecular weight is 410 g/mol. The van der Waals surface area contributed by atoms with Gasteiger partial charge < -0.3 is 15.5 Å². The SMILES string of the molecule is CN1CC(CNC(=O)c2cc(F)cc(NC(=O)c3ccc(Cl)s3)c2)CC1=O. The summed E-state index contributed by atoms with van der Waals surface area (Å²) in [4.78, 5) is 38.0. The van der Waals surface area contributed by atoms with E-state index in [1.165, 1.54) is 6.07 Å². The van der Waals surface area contributed by atoms with Crippen LogP contribution < -0.4 is 10.6 Å². The number of hydrogen-bond acceptors (Lipinski definition) is 4. The molecule has 0 bridgehead atoms. The summed E-state index contributed by atoms with van der Waals surface area (Å²) in [5.74, 6) is -1.47. The van der Waals surface area contributed by atoms with Crippen LogP contribution in [0.3, 0.4) is 0 Å². The number of hydrogen-bond donors (Lipinski definition) is 2. The lowest BCUT2D eigenvalue weighted by Crippen LogP contribution is -2.30. The maximum atomic E-state index is 13.9. The summed E-state index contributed by atoms with van der Waals surface area (Å²) < 4.78 is 14.4. The van der Waals surface area contributed by atoms with Crippen molar-refractivity contribution in [3.63, 3.8) is 0 Å². The molecule has 2 aromatic rings. The minimum atomic E-state index is -0.641. The van der Waals surface area contributed by atoms with Gasteiger partial charge in [0.15, 0.2) is 0 Å². The van der Waals surface area contributed by atoms with E-state index in [4.69, 9.17) is 11.6 Å². The van der Waals surface area contributed by atoms with Crippen LogP contribution in [0.4, 0.5) is 10.1 Å². The van der Waals surface area contributed by atoms with Gasteiger partial charge in [-0.15, -0.1) is 11.3 Å². The number of anilines is 1. The zero-order valence-electron chi connectivity index (χ0n) is 14.4. The predicted molar refractivity (Wildman–Crippen MR) is 102 cm³/mol. The summed E-state index contributed by atoms with van der Waals surface area (Å²) in [6.07, 6.45) is 0.380. The highest BCUT2D eigenvalue weighted by Crippen LogP contribution is 2.23. The summed E-state index contributed by atoms with van der Waals surface area (Å²) >= 11 is 6.91. The van der Waals surface area contributed by atoms with Gasteiger partial charge in [0.2, 0.25) is 5.91 Å². The second kappa shape index (κ2) is 8.06. The molecule has 1 unspecified atom stereocenters. The van der Waals surface area contributed by atoms with Gasteiger partial charge in [0.25, 0.3) is 11.8 Å². The first kappa shape index (κ1) is 19.3. The molecule has 2 N–H and O–H groups in total. The van der Waals surface area contributed by atoms with Crippen molar-refractivity contribution in [1.29, 1.82) is 0 Å². The van der Waals surface area contributed by atoms with E-state index in [0.717, 1.165) is 23.5 Å². The molecule has 2 heterocycles. The van der Waals surface area contributed by atoms with Crippen LogP contribution in [-0.2, 0) is 4.79 Å². The minimum absolute atomic E-state index is 0.0303. The molecular formula is C18H17ClFN3O3S. The molecule has 1 aliphatic rings. The molecule has 27 heavy (non-hydrogen) atoms. The Kier molecular flexibility index (Phi) is 5.76. The first-order valence-corrected chi connectivity index (χ1v) is 9.40. The zero-order chi connectivity index (χ0) is 19.6. The third-order valence-corrected chi connectivity index (χ3v) is 5.42. The van der Waals surface area contributed by atoms with Gasteiger partial charge in [0.1, 0.15) is 5.82 Å². The molecule has 0 spiro atoms. The molecule has 1 aromatic carbocycles. The molecule has 3 rings (SSSR count). The fourth-order valence-corrected chi connectivity index (χ4v) is 3.79. The van der Waals surface area contributed by atoms with Crippen LogP contribution in [0.2, 0.25) is 4.34 Å². The minimum Gasteiger partial charge on any atom is -0.352 e. The fraction of sp³-hybridized carbons (Fsp3) is 0.278. The Balaban J connectivity index is 1.64. The molecule has 1 aromatic heterocycles. The lowest BCUT2D eigenvalue weighted by Gasteiger charge is -2.12. The van der Waals surface area contributed by atoms with Crippen LogP contribution in [-0.4, -0.2) is 42.8 Å². The molecule has 1 atom stereocenters. The Morgan fingerprint density at radius 1 is 1.30 bits per heavy atom. The van der Waals surface area contributed by atoms with Crippen LogP contribution in [0.15, 0.2) is 30.3 Å². The second-order valence-electron chi connectivity index (χ2n) is 6.34. The Labute approximate surface area is 164 Å². The highest BCUT2D eigenvalue weighted by Gasteiger charge is 2.27. The summed E-state index contributed by atoms with van der Waals surface area (Å²) in [5.41, 5.74) is 0.262. The van der Waals surface area contributed by atoms with Gasteiger partial charge in [-0.2, -0.15) is 0 Å². The van der Waals surface area contributed by atoms with Crippen molar-refractivity contribution in [1.82, 2.24) is 10.2 Å². The largest absolute Gasteiger partial charge is 0.352 e. The van der Waals surface area contributed by atoms with Crippen LogP contribution >= 0.6 is 22.9 Å². The number of halogens is 2. The molecule has 9 heteroatoms. The lowest BCUT2D eigenvalue weighted by molar-refractivity contribution is -0.126. The molecule has 142 valence electrons. The number of nitrogens with one attached hydrogen (secondary N) is 2. The van der Waals surface area contributed by atoms with E-state index < -0.39 is 17.6 Å². The normalized spacial score (nSPS) is 16.5. The van der Waals surface area contributed by atoms with E-state index in [0.29, 0.717) is 28.7 Å². The molecule has 6 nitrogen and oxygen atoms in total. The maximum absolute atomic E-state index is 13.9. The Hall–Kier alpha value is -2.45. The van der Waals surface area contributed by atoms with Crippen LogP contribution in [0.5, 0.6) is 0 Å². The number of carbonyl (C=O) groups excluding carboxylic acids is 3. The fourth-order valence-electron chi connectivity index (χ4n) is 2.85. The Morgan fingerprint density at radius 3 is 2.70 bits per heavy atom. The number of carbonyl (C=O) groups is 3. The van der Waals surface area contributed by atoms with E-state index >= 15 is 0 Å². The van der Waals surface area contributed by atoms with Crippen molar-refractivity contribution in [2.45, 2.75) is 6.42 Å². The number of rotatable bonds is 5. The first-order chi connectivity index (χ1) is 12.8. The average Bonchev–Trinajstić information content (AvgIpc) is 3.18. The van der Waals surface area contributed by atoms with Gasteiger partial charge in [0.05, 0.1) is 9.21 Å². The smallest absolute Gasteiger partial charge is 0.265 e. The van der Waals surface area contributed by atoms with Gasteiger partial charge in [-0.3, -0.25) is 14.4 Å². The molecule has 0 radical (unpaired) electrons. The van der Waals surface area contributed by atoms with E-state index in [9.17, 15) is 18.8 Å². The van der Waals surface area contributed by atoms with E-state index in [-0.39, 0.29) is 23.1 Å². The molecule has 3 amide bonds. The summed E-state index contributed by atoms with van der Waals surface area (Å²) in [6, 6.07) is 6.79. The second-order valence-corrected chi connectivity index (χ2v) is 8.06. The molecule has 1 aliphatic heterocycles. The zero-order valence-corrected chi connectivity index (χ0v) is 16.0. The van der Waals surface area contributed by atoms with Crippen molar-refractivity contribution in [3.8, 4) is 0 Å². The van der Waals surface area contributed by atoms with Gasteiger partial charge in [0, 0.05) is 43.7 Å². The Morgan fingerprint density at radius 2 is 2.07 bits per heavy atom. The van der Waals surface area contributed by atoms with Gasteiger partial charge in [-0.05, 0) is 30.3 Å². The predicted octanol–water partition coefficient (Wildman–Crippen LogP) is 3.00. The van der Waals surface area contributed by atoms with Crippen LogP contribution in [0.1, 0.15) is 26.5 Å². The Bertz CT molecular complexity index is 902. The van der Waals surface area contributed by atoms with Crippen molar-refractivity contribution < 1.29 is 18.8 Å². The van der Waals surface area contributed by atoms with Crippen molar-refractivity contribution in [2.75, 3.05) is 25.5 Å². The molecule has 1 saturated heterocycles. The van der Waals surface area contributed by atoms with Crippen LogP contribution in [0, 0.1) is 11.7 Å². The molecule has 0 saturated carbocycles. The summed E-state index contributed by atoms with van der Waals surface area (Å²) in [7, 11) is 1.71. The monoisotopic (exact) mass is 409 g/mol. The van der Waals surface area contributed by atoms with E-state index in [1.54, 1.807) is 24.1 Å². The molecular weight excluding hydrogens is 393 g/mol. The van der Waals surface area contributed by atoms with Crippen molar-refractivity contribution in [2.24, 2.45) is 5.92 Å².